The molecule has 0 spiro atoms. The lowest BCUT2D eigenvalue weighted by atomic mass is 10.2. The van der Waals surface area contributed by atoms with Crippen LogP contribution >= 0.6 is 11.8 Å². The minimum Gasteiger partial charge on any atom is -0.507 e. The number of nitrogens with one attached hydrogen (secondary N) is 1. The Hall–Kier alpha value is -2.80. The molecule has 122 valence electrons. The summed E-state index contributed by atoms with van der Waals surface area (Å²) in [6.45, 7) is -0.103. The predicted octanol–water partition coefficient (Wildman–Crippen LogP) is 1.98. The molecule has 2 aromatic rings. The van der Waals surface area contributed by atoms with Gasteiger partial charge in [0.25, 0.3) is 5.91 Å². The van der Waals surface area contributed by atoms with Crippen molar-refractivity contribution in [2.75, 3.05) is 17.2 Å². The van der Waals surface area contributed by atoms with Crippen LogP contribution < -0.4 is 10.3 Å². The number of thioether (sulfide) groups is 1. The van der Waals surface area contributed by atoms with E-state index in [1.807, 2.05) is 24.3 Å². The highest BCUT2D eigenvalue weighted by molar-refractivity contribution is 8.00. The Morgan fingerprint density at radius 2 is 2.00 bits per heavy atom. The molecule has 1 aliphatic heterocycles. The second kappa shape index (κ2) is 7.18. The SMILES string of the molecule is O=C(CN1C(=O)CSc2ccccc21)N/N=C\c1ccccc1O. The first-order valence-electron chi connectivity index (χ1n) is 7.27. The predicted molar refractivity (Wildman–Crippen MR) is 93.4 cm³/mol. The number of benzene rings is 2. The zero-order chi connectivity index (χ0) is 16.9. The molecule has 1 heterocycles. The number of phenols is 1. The molecular weight excluding hydrogens is 326 g/mol. The van der Waals surface area contributed by atoms with Gasteiger partial charge in [0, 0.05) is 10.5 Å². The van der Waals surface area contributed by atoms with Gasteiger partial charge in [-0.15, -0.1) is 11.8 Å². The molecule has 0 aromatic heterocycles. The molecule has 0 fully saturated rings. The third kappa shape index (κ3) is 3.57. The standard InChI is InChI=1S/C17H15N3O3S/c21-14-7-3-1-5-12(14)9-18-19-16(22)10-20-13-6-2-4-8-15(13)24-11-17(20)23/h1-9,21H,10-11H2,(H,19,22)/b18-9-. The Bertz CT molecular complexity index is 807. The summed E-state index contributed by atoms with van der Waals surface area (Å²) in [5, 5.41) is 13.4. The highest BCUT2D eigenvalue weighted by Crippen LogP contribution is 2.34. The topological polar surface area (TPSA) is 82.0 Å². The van der Waals surface area contributed by atoms with E-state index in [0.717, 1.165) is 10.6 Å². The summed E-state index contributed by atoms with van der Waals surface area (Å²) in [7, 11) is 0. The smallest absolute Gasteiger partial charge is 0.260 e. The van der Waals surface area contributed by atoms with Crippen molar-refractivity contribution in [1.29, 1.82) is 0 Å². The molecule has 6 nitrogen and oxygen atoms in total. The van der Waals surface area contributed by atoms with E-state index in [0.29, 0.717) is 11.3 Å². The number of carbonyl (C=O) groups is 2. The fraction of sp³-hybridized carbons (Fsp3) is 0.118. The summed E-state index contributed by atoms with van der Waals surface area (Å²) < 4.78 is 0. The monoisotopic (exact) mass is 341 g/mol. The molecule has 24 heavy (non-hydrogen) atoms. The number of fused-ring (bicyclic) bond motifs is 1. The van der Waals surface area contributed by atoms with E-state index in [9.17, 15) is 14.7 Å². The molecule has 0 atom stereocenters. The van der Waals surface area contributed by atoms with Crippen molar-refractivity contribution >= 4 is 35.5 Å². The molecular formula is C17H15N3O3S. The van der Waals surface area contributed by atoms with Crippen LogP contribution in [0.1, 0.15) is 5.56 Å². The van der Waals surface area contributed by atoms with Crippen molar-refractivity contribution in [1.82, 2.24) is 5.43 Å². The molecule has 7 heteroatoms. The maximum Gasteiger partial charge on any atom is 0.260 e. The molecule has 2 aromatic carbocycles. The van der Waals surface area contributed by atoms with Crippen LogP contribution in [0.5, 0.6) is 5.75 Å². The number of hydrogen-bond donors (Lipinski definition) is 2. The van der Waals surface area contributed by atoms with Gasteiger partial charge in [-0.3, -0.25) is 9.59 Å². The lowest BCUT2D eigenvalue weighted by Crippen LogP contribution is -2.42. The molecule has 2 amide bonds. The van der Waals surface area contributed by atoms with E-state index in [2.05, 4.69) is 10.5 Å². The quantitative estimate of drug-likeness (QED) is 0.658. The number of para-hydroxylation sites is 2. The van der Waals surface area contributed by atoms with Crippen LogP contribution in [0.15, 0.2) is 58.5 Å². The van der Waals surface area contributed by atoms with Gasteiger partial charge in [0.05, 0.1) is 17.7 Å². The first-order valence-corrected chi connectivity index (χ1v) is 8.26. The largest absolute Gasteiger partial charge is 0.507 e. The third-order valence-electron chi connectivity index (χ3n) is 3.44. The van der Waals surface area contributed by atoms with Gasteiger partial charge in [0.2, 0.25) is 5.91 Å². The minimum atomic E-state index is -0.406. The number of aromatic hydroxyl groups is 1. The molecule has 0 aliphatic carbocycles. The Morgan fingerprint density at radius 1 is 1.25 bits per heavy atom. The lowest BCUT2D eigenvalue weighted by Gasteiger charge is -2.27. The highest BCUT2D eigenvalue weighted by atomic mass is 32.2. The number of carbonyl (C=O) groups excluding carboxylic acids is 2. The fourth-order valence-corrected chi connectivity index (χ4v) is 3.21. The summed E-state index contributed by atoms with van der Waals surface area (Å²) in [4.78, 5) is 26.6. The first-order chi connectivity index (χ1) is 11.6. The number of hydrogen-bond acceptors (Lipinski definition) is 5. The summed E-state index contributed by atoms with van der Waals surface area (Å²) >= 11 is 1.46. The van der Waals surface area contributed by atoms with E-state index in [4.69, 9.17) is 0 Å². The van der Waals surface area contributed by atoms with Gasteiger partial charge in [-0.1, -0.05) is 24.3 Å². The van der Waals surface area contributed by atoms with Crippen molar-refractivity contribution in [3.05, 3.63) is 54.1 Å². The molecule has 0 saturated carbocycles. The van der Waals surface area contributed by atoms with Crippen LogP contribution in [0.4, 0.5) is 5.69 Å². The van der Waals surface area contributed by atoms with Gasteiger partial charge >= 0.3 is 0 Å². The average molecular weight is 341 g/mol. The fourth-order valence-electron chi connectivity index (χ4n) is 2.28. The molecule has 2 N–H and O–H groups in total. The minimum absolute atomic E-state index is 0.0765. The first kappa shape index (κ1) is 16.1. The van der Waals surface area contributed by atoms with Crippen molar-refractivity contribution in [3.63, 3.8) is 0 Å². The molecule has 0 bridgehead atoms. The molecule has 0 unspecified atom stereocenters. The van der Waals surface area contributed by atoms with Crippen LogP contribution in [-0.2, 0) is 9.59 Å². The summed E-state index contributed by atoms with van der Waals surface area (Å²) in [6.07, 6.45) is 1.36. The highest BCUT2D eigenvalue weighted by Gasteiger charge is 2.25. The Kier molecular flexibility index (Phi) is 4.81. The Balaban J connectivity index is 1.65. The third-order valence-corrected chi connectivity index (χ3v) is 4.49. The van der Waals surface area contributed by atoms with Crippen molar-refractivity contribution in [2.24, 2.45) is 5.10 Å². The lowest BCUT2D eigenvalue weighted by molar-refractivity contribution is -0.122. The number of anilines is 1. The number of rotatable bonds is 4. The number of phenolic OH excluding ortho intramolecular Hbond substituents is 1. The van der Waals surface area contributed by atoms with Gasteiger partial charge in [0.15, 0.2) is 0 Å². The molecule has 1 aliphatic rings. The summed E-state index contributed by atoms with van der Waals surface area (Å²) in [5.41, 5.74) is 3.60. The van der Waals surface area contributed by atoms with Gasteiger partial charge in [0.1, 0.15) is 12.3 Å². The Morgan fingerprint density at radius 3 is 2.83 bits per heavy atom. The maximum absolute atomic E-state index is 12.1. The zero-order valence-electron chi connectivity index (χ0n) is 12.7. The molecule has 0 radical (unpaired) electrons. The van der Waals surface area contributed by atoms with E-state index < -0.39 is 5.91 Å². The van der Waals surface area contributed by atoms with E-state index >= 15 is 0 Å². The van der Waals surface area contributed by atoms with Crippen LogP contribution in [0.3, 0.4) is 0 Å². The molecule has 0 saturated heterocycles. The van der Waals surface area contributed by atoms with E-state index in [1.165, 1.54) is 28.9 Å². The van der Waals surface area contributed by atoms with Crippen LogP contribution in [0.25, 0.3) is 0 Å². The van der Waals surface area contributed by atoms with E-state index in [1.54, 1.807) is 18.2 Å². The van der Waals surface area contributed by atoms with Crippen molar-refractivity contribution in [3.8, 4) is 5.75 Å². The number of hydrazone groups is 1. The van der Waals surface area contributed by atoms with Crippen LogP contribution in [0, 0.1) is 0 Å². The average Bonchev–Trinajstić information content (AvgIpc) is 2.59. The summed E-state index contributed by atoms with van der Waals surface area (Å²) in [6, 6.07) is 14.1. The second-order valence-electron chi connectivity index (χ2n) is 5.09. The van der Waals surface area contributed by atoms with Gasteiger partial charge in [-0.2, -0.15) is 5.10 Å². The Labute approximate surface area is 143 Å². The van der Waals surface area contributed by atoms with E-state index in [-0.39, 0.29) is 18.2 Å². The molecule has 3 rings (SSSR count). The van der Waals surface area contributed by atoms with Gasteiger partial charge in [-0.05, 0) is 24.3 Å². The second-order valence-corrected chi connectivity index (χ2v) is 6.11. The van der Waals surface area contributed by atoms with Crippen molar-refractivity contribution < 1.29 is 14.7 Å². The number of amides is 2. The van der Waals surface area contributed by atoms with Crippen molar-refractivity contribution in [2.45, 2.75) is 4.90 Å². The summed E-state index contributed by atoms with van der Waals surface area (Å²) in [5.74, 6) is -0.131. The van der Waals surface area contributed by atoms with Gasteiger partial charge < -0.3 is 10.0 Å². The normalized spacial score (nSPS) is 13.8. The van der Waals surface area contributed by atoms with Crippen LogP contribution in [-0.4, -0.2) is 35.4 Å². The number of nitrogens with zero attached hydrogens (tertiary/aromatic N) is 2. The van der Waals surface area contributed by atoms with Crippen LogP contribution in [0.2, 0.25) is 0 Å². The van der Waals surface area contributed by atoms with Gasteiger partial charge in [-0.25, -0.2) is 5.43 Å². The zero-order valence-corrected chi connectivity index (χ0v) is 13.5. The maximum atomic E-state index is 12.1.